The molecule has 0 spiro atoms. The molecule has 1 amide bonds. The molecule has 0 bridgehead atoms. The van der Waals surface area contributed by atoms with Gasteiger partial charge in [-0.3, -0.25) is 15.6 Å². The minimum atomic E-state index is -0.952. The molecule has 1 atom stereocenters. The predicted molar refractivity (Wildman–Crippen MR) is 100 cm³/mol. The Morgan fingerprint density at radius 3 is 2.62 bits per heavy atom. The molecule has 3 N–H and O–H groups in total. The highest BCUT2D eigenvalue weighted by molar-refractivity contribution is 5.92. The van der Waals surface area contributed by atoms with E-state index in [9.17, 15) is 9.90 Å². The molecule has 0 saturated carbocycles. The molecule has 2 aliphatic rings. The van der Waals surface area contributed by atoms with Crippen molar-refractivity contribution in [3.05, 3.63) is 34.7 Å². The van der Waals surface area contributed by atoms with Gasteiger partial charge in [-0.15, -0.1) is 0 Å². The number of likely N-dealkylation sites (N-methyl/N-ethyl adjacent to an activating group) is 1. The number of hydrazine groups is 1. The molecule has 0 saturated heterocycles. The monoisotopic (exact) mass is 358 g/mol. The summed E-state index contributed by atoms with van der Waals surface area (Å²) >= 11 is 0. The normalized spacial score (nSPS) is 21.3. The van der Waals surface area contributed by atoms with Gasteiger partial charge >= 0.3 is 0 Å². The summed E-state index contributed by atoms with van der Waals surface area (Å²) in [6.45, 7) is 11.5. The van der Waals surface area contributed by atoms with Crippen molar-refractivity contribution in [3.63, 3.8) is 0 Å². The molecule has 1 aromatic carbocycles. The summed E-state index contributed by atoms with van der Waals surface area (Å²) in [5, 5.41) is 10.3. The lowest BCUT2D eigenvalue weighted by Crippen LogP contribution is -2.53. The van der Waals surface area contributed by atoms with E-state index in [2.05, 4.69) is 22.4 Å². The zero-order valence-corrected chi connectivity index (χ0v) is 16.0. The van der Waals surface area contributed by atoms with E-state index >= 15 is 0 Å². The van der Waals surface area contributed by atoms with Gasteiger partial charge in [-0.1, -0.05) is 6.58 Å². The lowest BCUT2D eigenvalue weighted by Gasteiger charge is -2.38. The van der Waals surface area contributed by atoms with Gasteiger partial charge in [0.05, 0.1) is 6.54 Å². The molecular formula is C19H26N4O3. The smallest absolute Gasteiger partial charge is 0.266 e. The number of amides is 1. The predicted octanol–water partition coefficient (Wildman–Crippen LogP) is 1.84. The van der Waals surface area contributed by atoms with Gasteiger partial charge in [-0.25, -0.2) is 4.99 Å². The number of amidine groups is 1. The third-order valence-corrected chi connectivity index (χ3v) is 5.33. The molecule has 2 heterocycles. The number of ether oxygens (including phenoxy) is 1. The summed E-state index contributed by atoms with van der Waals surface area (Å²) in [7, 11) is 1.73. The number of nitrogens with zero attached hydrogens (tertiary/aromatic N) is 2. The first kappa shape index (κ1) is 18.1. The topological polar surface area (TPSA) is 86.2 Å². The highest BCUT2D eigenvalue weighted by Crippen LogP contribution is 2.43. The molecule has 1 unspecified atom stereocenters. The fraction of sp³-hybridized carbons (Fsp3) is 0.474. The third-order valence-electron chi connectivity index (χ3n) is 5.33. The average molecular weight is 358 g/mol. The number of carbonyl (C=O) groups is 1. The Morgan fingerprint density at radius 1 is 1.31 bits per heavy atom. The van der Waals surface area contributed by atoms with Crippen LogP contribution in [-0.2, 0) is 11.2 Å². The minimum absolute atomic E-state index is 0.104. The number of aliphatic imine (C=N–C) groups is 1. The van der Waals surface area contributed by atoms with Crippen LogP contribution in [-0.4, -0.2) is 40.9 Å². The number of rotatable bonds is 3. The van der Waals surface area contributed by atoms with Gasteiger partial charge in [0, 0.05) is 19.0 Å². The standard InChI is InChI=1S/C19H26N4O3/c1-10-11(2)17-14(12(3)16(10)24)7-8-19(5,26-17)18(25)23(6)9-15-20-13(4)21-22-15/h21,24H,4,7-9H2,1-3,5-6H3,(H,20,22). The van der Waals surface area contributed by atoms with Crippen molar-refractivity contribution in [2.45, 2.75) is 46.1 Å². The first-order valence-corrected chi connectivity index (χ1v) is 8.68. The average Bonchev–Trinajstić information content (AvgIpc) is 3.02. The lowest BCUT2D eigenvalue weighted by molar-refractivity contribution is -0.146. The van der Waals surface area contributed by atoms with E-state index < -0.39 is 5.60 Å². The number of carbonyl (C=O) groups excluding carboxylic acids is 1. The van der Waals surface area contributed by atoms with Crippen molar-refractivity contribution in [1.29, 1.82) is 0 Å². The fourth-order valence-corrected chi connectivity index (χ4v) is 3.54. The number of phenolic OH excluding ortho intramolecular Hbond substituents is 1. The van der Waals surface area contributed by atoms with Crippen LogP contribution in [0.1, 0.15) is 35.6 Å². The van der Waals surface area contributed by atoms with Crippen LogP contribution < -0.4 is 15.6 Å². The van der Waals surface area contributed by atoms with Crippen LogP contribution in [0.15, 0.2) is 17.4 Å². The second-order valence-electron chi connectivity index (χ2n) is 7.28. The van der Waals surface area contributed by atoms with Gasteiger partial charge in [-0.2, -0.15) is 0 Å². The molecule has 0 radical (unpaired) electrons. The number of aromatic hydroxyl groups is 1. The number of nitrogens with one attached hydrogen (secondary N) is 2. The number of hydrogen-bond acceptors (Lipinski definition) is 6. The van der Waals surface area contributed by atoms with Gasteiger partial charge in [-0.05, 0) is 50.8 Å². The van der Waals surface area contributed by atoms with Gasteiger partial charge in [0.2, 0.25) is 0 Å². The Hall–Kier alpha value is -2.70. The molecule has 0 aromatic heterocycles. The van der Waals surface area contributed by atoms with Crippen molar-refractivity contribution in [2.75, 3.05) is 13.6 Å². The summed E-state index contributed by atoms with van der Waals surface area (Å²) in [6.07, 6.45) is 1.24. The highest BCUT2D eigenvalue weighted by atomic mass is 16.5. The molecule has 2 aliphatic heterocycles. The molecule has 3 rings (SSSR count). The van der Waals surface area contributed by atoms with Gasteiger partial charge in [0.25, 0.3) is 5.91 Å². The van der Waals surface area contributed by atoms with Crippen molar-refractivity contribution < 1.29 is 14.6 Å². The number of fused-ring (bicyclic) bond motifs is 1. The first-order valence-electron chi connectivity index (χ1n) is 8.68. The Labute approximate surface area is 153 Å². The summed E-state index contributed by atoms with van der Waals surface area (Å²) in [6, 6.07) is 0. The minimum Gasteiger partial charge on any atom is -0.507 e. The maximum Gasteiger partial charge on any atom is 0.266 e. The zero-order chi connectivity index (χ0) is 19.2. The molecule has 7 nitrogen and oxygen atoms in total. The van der Waals surface area contributed by atoms with Crippen molar-refractivity contribution in [1.82, 2.24) is 15.8 Å². The molecule has 0 fully saturated rings. The van der Waals surface area contributed by atoms with E-state index in [-0.39, 0.29) is 5.91 Å². The van der Waals surface area contributed by atoms with E-state index in [4.69, 9.17) is 4.74 Å². The number of hydrogen-bond donors (Lipinski definition) is 3. The quantitative estimate of drug-likeness (QED) is 0.768. The Bertz CT molecular complexity index is 831. The zero-order valence-electron chi connectivity index (χ0n) is 16.0. The molecule has 1 aromatic rings. The lowest BCUT2D eigenvalue weighted by atomic mass is 9.86. The Morgan fingerprint density at radius 2 is 2.00 bits per heavy atom. The van der Waals surface area contributed by atoms with E-state index in [0.717, 1.165) is 28.0 Å². The molecular weight excluding hydrogens is 332 g/mol. The van der Waals surface area contributed by atoms with E-state index in [1.165, 1.54) is 0 Å². The second-order valence-corrected chi connectivity index (χ2v) is 7.28. The van der Waals surface area contributed by atoms with Crippen LogP contribution in [0, 0.1) is 20.8 Å². The maximum atomic E-state index is 13.1. The molecule has 26 heavy (non-hydrogen) atoms. The van der Waals surface area contributed by atoms with E-state index in [1.807, 2.05) is 27.7 Å². The highest BCUT2D eigenvalue weighted by Gasteiger charge is 2.42. The van der Waals surface area contributed by atoms with E-state index in [0.29, 0.717) is 36.8 Å². The van der Waals surface area contributed by atoms with Gasteiger partial charge in [0.1, 0.15) is 23.2 Å². The van der Waals surface area contributed by atoms with Gasteiger partial charge < -0.3 is 14.7 Å². The molecule has 0 aliphatic carbocycles. The third kappa shape index (κ3) is 2.87. The second kappa shape index (κ2) is 6.23. The number of phenols is 1. The van der Waals surface area contributed by atoms with Crippen LogP contribution in [0.2, 0.25) is 0 Å². The van der Waals surface area contributed by atoms with Crippen LogP contribution >= 0.6 is 0 Å². The van der Waals surface area contributed by atoms with Crippen LogP contribution in [0.3, 0.4) is 0 Å². The van der Waals surface area contributed by atoms with Crippen LogP contribution in [0.25, 0.3) is 0 Å². The number of benzene rings is 1. The van der Waals surface area contributed by atoms with Crippen LogP contribution in [0.4, 0.5) is 0 Å². The summed E-state index contributed by atoms with van der Waals surface area (Å²) < 4.78 is 6.24. The van der Waals surface area contributed by atoms with Crippen LogP contribution in [0.5, 0.6) is 11.5 Å². The maximum absolute atomic E-state index is 13.1. The summed E-state index contributed by atoms with van der Waals surface area (Å²) in [5.74, 6) is 2.09. The Kier molecular flexibility index (Phi) is 4.34. The summed E-state index contributed by atoms with van der Waals surface area (Å²) in [4.78, 5) is 18.9. The van der Waals surface area contributed by atoms with Crippen molar-refractivity contribution in [2.24, 2.45) is 4.99 Å². The van der Waals surface area contributed by atoms with E-state index in [1.54, 1.807) is 11.9 Å². The fourth-order valence-electron chi connectivity index (χ4n) is 3.54. The summed E-state index contributed by atoms with van der Waals surface area (Å²) in [5.41, 5.74) is 8.23. The molecule has 7 heteroatoms. The first-order chi connectivity index (χ1) is 12.1. The van der Waals surface area contributed by atoms with Gasteiger partial charge in [0.15, 0.2) is 5.60 Å². The van der Waals surface area contributed by atoms with Crippen molar-refractivity contribution >= 4 is 11.7 Å². The molecule has 140 valence electrons. The largest absolute Gasteiger partial charge is 0.507 e. The SMILES string of the molecule is C=C1N=C(CN(C)C(=O)C2(C)CCc3c(C)c(O)c(C)c(C)c3O2)NN1. The van der Waals surface area contributed by atoms with Crippen molar-refractivity contribution in [3.8, 4) is 11.5 Å². The Balaban J connectivity index is 1.85.